The average Bonchev–Trinajstić information content (AvgIpc) is 3.05. The van der Waals surface area contributed by atoms with Gasteiger partial charge in [-0.15, -0.1) is 0 Å². The normalized spacial score (nSPS) is 12.8. The van der Waals surface area contributed by atoms with E-state index in [0.29, 0.717) is 18.8 Å². The number of amides is 1. The fourth-order valence-corrected chi connectivity index (χ4v) is 3.71. The lowest BCUT2D eigenvalue weighted by molar-refractivity contribution is 0.0999. The Labute approximate surface area is 164 Å². The molecular weight excluding hydrogens is 352 g/mol. The van der Waals surface area contributed by atoms with Crippen molar-refractivity contribution in [1.82, 2.24) is 4.57 Å². The molecule has 0 unspecified atom stereocenters. The van der Waals surface area contributed by atoms with Crippen LogP contribution in [-0.2, 0) is 13.0 Å². The minimum absolute atomic E-state index is 0.405. The number of fused-ring (bicyclic) bond motifs is 1. The number of aromatic nitrogens is 1. The summed E-state index contributed by atoms with van der Waals surface area (Å²) in [6, 6.07) is 18.2. The largest absolute Gasteiger partial charge is 0.486 e. The summed E-state index contributed by atoms with van der Waals surface area (Å²) >= 11 is 0. The van der Waals surface area contributed by atoms with Gasteiger partial charge in [0.2, 0.25) is 0 Å². The predicted octanol–water partition coefficient (Wildman–Crippen LogP) is 3.97. The molecule has 0 fully saturated rings. The van der Waals surface area contributed by atoms with E-state index in [1.165, 1.54) is 5.56 Å². The highest BCUT2D eigenvalue weighted by atomic mass is 16.6. The first kappa shape index (κ1) is 18.2. The monoisotopic (exact) mass is 376 g/mol. The van der Waals surface area contributed by atoms with E-state index in [9.17, 15) is 4.79 Å². The van der Waals surface area contributed by atoms with Crippen LogP contribution in [0.25, 0.3) is 11.3 Å². The van der Waals surface area contributed by atoms with Crippen LogP contribution in [0.3, 0.4) is 0 Å². The summed E-state index contributed by atoms with van der Waals surface area (Å²) in [6.07, 6.45) is 1.94. The number of nitrogens with zero attached hydrogens (tertiary/aromatic N) is 1. The van der Waals surface area contributed by atoms with Crippen LogP contribution < -0.4 is 15.2 Å². The molecule has 3 aromatic rings. The highest BCUT2D eigenvalue weighted by Gasteiger charge is 2.19. The molecule has 1 aliphatic heterocycles. The molecule has 5 nitrogen and oxygen atoms in total. The molecule has 5 heteroatoms. The molecule has 2 N–H and O–H groups in total. The lowest BCUT2D eigenvalue weighted by Crippen LogP contribution is -2.15. The van der Waals surface area contributed by atoms with Crippen LogP contribution in [0.1, 0.15) is 28.0 Å². The Morgan fingerprint density at radius 3 is 2.54 bits per heavy atom. The molecule has 0 aliphatic carbocycles. The van der Waals surface area contributed by atoms with Gasteiger partial charge in [0.1, 0.15) is 13.2 Å². The number of carbonyl (C=O) groups is 1. The summed E-state index contributed by atoms with van der Waals surface area (Å²) in [4.78, 5) is 11.9. The molecule has 0 atom stereocenters. The molecule has 1 aromatic heterocycles. The molecule has 0 saturated heterocycles. The molecule has 4 rings (SSSR count). The second kappa shape index (κ2) is 7.80. The van der Waals surface area contributed by atoms with E-state index in [-0.39, 0.29) is 0 Å². The number of ether oxygens (including phenoxy) is 2. The number of aryl methyl sites for hydroxylation is 1. The van der Waals surface area contributed by atoms with E-state index in [4.69, 9.17) is 15.2 Å². The third-order valence-corrected chi connectivity index (χ3v) is 5.16. The van der Waals surface area contributed by atoms with Gasteiger partial charge >= 0.3 is 0 Å². The maximum Gasteiger partial charge on any atom is 0.250 e. The Kier molecular flexibility index (Phi) is 5.06. The molecule has 1 aliphatic rings. The van der Waals surface area contributed by atoms with E-state index in [0.717, 1.165) is 47.8 Å². The zero-order valence-corrected chi connectivity index (χ0v) is 16.0. The molecule has 0 spiro atoms. The highest BCUT2D eigenvalue weighted by Crippen LogP contribution is 2.36. The summed E-state index contributed by atoms with van der Waals surface area (Å²) < 4.78 is 13.5. The molecular formula is C23H24N2O3. The average molecular weight is 376 g/mol. The molecule has 28 heavy (non-hydrogen) atoms. The first-order valence-electron chi connectivity index (χ1n) is 9.57. The van der Waals surface area contributed by atoms with Crippen molar-refractivity contribution in [2.75, 3.05) is 13.2 Å². The quantitative estimate of drug-likeness (QED) is 0.708. The van der Waals surface area contributed by atoms with Crippen molar-refractivity contribution in [2.45, 2.75) is 26.3 Å². The zero-order chi connectivity index (χ0) is 19.5. The molecule has 144 valence electrons. The number of hydrogen-bond acceptors (Lipinski definition) is 3. The van der Waals surface area contributed by atoms with Gasteiger partial charge in [0.05, 0.1) is 5.56 Å². The van der Waals surface area contributed by atoms with Crippen LogP contribution in [0.5, 0.6) is 11.5 Å². The number of benzene rings is 2. The topological polar surface area (TPSA) is 66.5 Å². The molecule has 2 heterocycles. The molecule has 0 bridgehead atoms. The first-order valence-corrected chi connectivity index (χ1v) is 9.57. The Balaban J connectivity index is 1.64. The number of nitrogens with two attached hydrogens (primary N) is 1. The lowest BCUT2D eigenvalue weighted by Gasteiger charge is -2.19. The van der Waals surface area contributed by atoms with Crippen molar-refractivity contribution in [3.63, 3.8) is 0 Å². The van der Waals surface area contributed by atoms with Crippen molar-refractivity contribution >= 4 is 5.91 Å². The fourth-order valence-electron chi connectivity index (χ4n) is 3.71. The highest BCUT2D eigenvalue weighted by molar-refractivity contribution is 5.95. The first-order chi connectivity index (χ1) is 13.6. The van der Waals surface area contributed by atoms with Gasteiger partial charge in [-0.05, 0) is 49.6 Å². The van der Waals surface area contributed by atoms with Crippen LogP contribution in [-0.4, -0.2) is 23.7 Å². The maximum absolute atomic E-state index is 11.9. The van der Waals surface area contributed by atoms with Gasteiger partial charge in [-0.1, -0.05) is 30.3 Å². The van der Waals surface area contributed by atoms with Crippen molar-refractivity contribution in [3.8, 4) is 22.8 Å². The zero-order valence-electron chi connectivity index (χ0n) is 16.0. The second-order valence-corrected chi connectivity index (χ2v) is 6.99. The summed E-state index contributed by atoms with van der Waals surface area (Å²) in [5.41, 5.74) is 10.3. The van der Waals surface area contributed by atoms with E-state index >= 15 is 0 Å². The third-order valence-electron chi connectivity index (χ3n) is 5.16. The third kappa shape index (κ3) is 3.60. The van der Waals surface area contributed by atoms with Gasteiger partial charge in [-0.2, -0.15) is 0 Å². The maximum atomic E-state index is 11.9. The van der Waals surface area contributed by atoms with E-state index < -0.39 is 5.91 Å². The number of primary amides is 1. The number of rotatable bonds is 6. The summed E-state index contributed by atoms with van der Waals surface area (Å²) in [5, 5.41) is 0. The van der Waals surface area contributed by atoms with Gasteiger partial charge < -0.3 is 19.8 Å². The molecule has 2 aromatic carbocycles. The van der Waals surface area contributed by atoms with E-state index in [1.54, 1.807) is 0 Å². The molecule has 0 saturated carbocycles. The Morgan fingerprint density at radius 2 is 1.79 bits per heavy atom. The smallest absolute Gasteiger partial charge is 0.250 e. The van der Waals surface area contributed by atoms with Crippen LogP contribution >= 0.6 is 0 Å². The van der Waals surface area contributed by atoms with Crippen molar-refractivity contribution in [2.24, 2.45) is 5.73 Å². The Hall–Kier alpha value is -3.21. The van der Waals surface area contributed by atoms with Crippen LogP contribution in [0.15, 0.2) is 54.6 Å². The lowest BCUT2D eigenvalue weighted by atomic mass is 10.1. The second-order valence-electron chi connectivity index (χ2n) is 6.99. The van der Waals surface area contributed by atoms with Gasteiger partial charge in [0.25, 0.3) is 5.91 Å². The number of carbonyl (C=O) groups excluding carboxylic acids is 1. The molecule has 0 radical (unpaired) electrons. The van der Waals surface area contributed by atoms with Crippen molar-refractivity contribution in [1.29, 1.82) is 0 Å². The van der Waals surface area contributed by atoms with Crippen LogP contribution in [0.2, 0.25) is 0 Å². The predicted molar refractivity (Wildman–Crippen MR) is 109 cm³/mol. The minimum Gasteiger partial charge on any atom is -0.486 e. The standard InChI is InChI=1S/C23H24N2O3/c1-16-19(23(24)26)15-20(18-9-10-21-22(14-18)28-13-12-27-21)25(16)11-5-8-17-6-3-2-4-7-17/h2-4,6-7,9-10,14-15H,5,8,11-13H2,1H3,(H2,24,26). The Morgan fingerprint density at radius 1 is 1.04 bits per heavy atom. The van der Waals surface area contributed by atoms with Crippen LogP contribution in [0, 0.1) is 6.92 Å². The summed E-state index contributed by atoms with van der Waals surface area (Å²) in [5.74, 6) is 1.08. The molecule has 1 amide bonds. The van der Waals surface area contributed by atoms with Gasteiger partial charge in [0.15, 0.2) is 11.5 Å². The number of hydrogen-bond donors (Lipinski definition) is 1. The minimum atomic E-state index is -0.405. The van der Waals surface area contributed by atoms with E-state index in [2.05, 4.69) is 28.8 Å². The Bertz CT molecular complexity index is 993. The van der Waals surface area contributed by atoms with Crippen LogP contribution in [0.4, 0.5) is 0 Å². The summed E-state index contributed by atoms with van der Waals surface area (Å²) in [6.45, 7) is 3.86. The SMILES string of the molecule is Cc1c(C(N)=O)cc(-c2ccc3c(c2)OCCO3)n1CCCc1ccccc1. The van der Waals surface area contributed by atoms with Gasteiger partial charge in [0, 0.05) is 23.5 Å². The fraction of sp³-hybridized carbons (Fsp3) is 0.261. The summed E-state index contributed by atoms with van der Waals surface area (Å²) in [7, 11) is 0. The van der Waals surface area contributed by atoms with Gasteiger partial charge in [-0.25, -0.2) is 0 Å². The van der Waals surface area contributed by atoms with E-state index in [1.807, 2.05) is 37.3 Å². The van der Waals surface area contributed by atoms with Gasteiger partial charge in [-0.3, -0.25) is 4.79 Å². The van der Waals surface area contributed by atoms with Crippen molar-refractivity contribution < 1.29 is 14.3 Å². The van der Waals surface area contributed by atoms with Crippen molar-refractivity contribution in [3.05, 3.63) is 71.4 Å².